The van der Waals surface area contributed by atoms with Crippen molar-refractivity contribution < 1.29 is 14.3 Å². The van der Waals surface area contributed by atoms with Gasteiger partial charge in [-0.15, -0.1) is 0 Å². The van der Waals surface area contributed by atoms with E-state index in [1.165, 1.54) is 0 Å². The monoisotopic (exact) mass is 266 g/mol. The van der Waals surface area contributed by atoms with E-state index in [4.69, 9.17) is 15.2 Å². The van der Waals surface area contributed by atoms with Gasteiger partial charge < -0.3 is 20.5 Å². The maximum Gasteiger partial charge on any atom is 0.255 e. The normalized spacial score (nSPS) is 10.1. The number of unbranched alkanes of at least 4 members (excludes halogenated alkanes) is 2. The minimum absolute atomic E-state index is 0.150. The Morgan fingerprint density at radius 2 is 2.00 bits per heavy atom. The maximum absolute atomic E-state index is 12.1. The fraction of sp³-hybridized carbons (Fsp3) is 0.500. The number of benzene rings is 1. The van der Waals surface area contributed by atoms with Gasteiger partial charge in [0.2, 0.25) is 0 Å². The van der Waals surface area contributed by atoms with E-state index in [0.29, 0.717) is 30.2 Å². The summed E-state index contributed by atoms with van der Waals surface area (Å²) in [7, 11) is 3.11. The van der Waals surface area contributed by atoms with Crippen molar-refractivity contribution in [3.63, 3.8) is 0 Å². The number of hydrogen-bond acceptors (Lipinski definition) is 4. The standard InChI is InChI=1S/C14H22N2O3/c1-18-11-6-7-13(19-2)12(10-11)14(17)16-9-5-3-4-8-15/h6-7,10H,3-5,8-9,15H2,1-2H3,(H,16,17). The second-order valence-corrected chi connectivity index (χ2v) is 4.17. The van der Waals surface area contributed by atoms with Crippen molar-refractivity contribution in [3.8, 4) is 11.5 Å². The number of carbonyl (C=O) groups excluding carboxylic acids is 1. The number of nitrogens with two attached hydrogens (primary N) is 1. The Morgan fingerprint density at radius 3 is 2.63 bits per heavy atom. The highest BCUT2D eigenvalue weighted by Gasteiger charge is 2.12. The number of rotatable bonds is 8. The number of nitrogens with one attached hydrogen (secondary N) is 1. The van der Waals surface area contributed by atoms with Crippen LogP contribution in [0, 0.1) is 0 Å². The largest absolute Gasteiger partial charge is 0.497 e. The number of amides is 1. The fourth-order valence-corrected chi connectivity index (χ4v) is 1.73. The van der Waals surface area contributed by atoms with Crippen LogP contribution in [0.5, 0.6) is 11.5 Å². The lowest BCUT2D eigenvalue weighted by atomic mass is 10.1. The van der Waals surface area contributed by atoms with Crippen LogP contribution in [-0.2, 0) is 0 Å². The summed E-state index contributed by atoms with van der Waals surface area (Å²) in [6.45, 7) is 1.33. The molecule has 0 spiro atoms. The first-order chi connectivity index (χ1) is 9.22. The van der Waals surface area contributed by atoms with Gasteiger partial charge in [-0.2, -0.15) is 0 Å². The molecule has 5 nitrogen and oxygen atoms in total. The van der Waals surface area contributed by atoms with Crippen molar-refractivity contribution in [2.24, 2.45) is 5.73 Å². The Hall–Kier alpha value is -1.75. The summed E-state index contributed by atoms with van der Waals surface area (Å²) in [5.74, 6) is 1.03. The Morgan fingerprint density at radius 1 is 1.21 bits per heavy atom. The lowest BCUT2D eigenvalue weighted by molar-refractivity contribution is 0.0949. The third-order valence-corrected chi connectivity index (χ3v) is 2.82. The predicted molar refractivity (Wildman–Crippen MR) is 74.8 cm³/mol. The quantitative estimate of drug-likeness (QED) is 0.700. The van der Waals surface area contributed by atoms with E-state index < -0.39 is 0 Å². The second kappa shape index (κ2) is 8.37. The molecule has 5 heteroatoms. The zero-order valence-corrected chi connectivity index (χ0v) is 11.6. The molecule has 0 saturated carbocycles. The third-order valence-electron chi connectivity index (χ3n) is 2.82. The highest BCUT2D eigenvalue weighted by molar-refractivity contribution is 5.97. The van der Waals surface area contributed by atoms with Crippen LogP contribution in [0.4, 0.5) is 0 Å². The Balaban J connectivity index is 2.59. The van der Waals surface area contributed by atoms with E-state index in [0.717, 1.165) is 19.3 Å². The molecule has 0 aliphatic carbocycles. The Labute approximate surface area is 114 Å². The first-order valence-electron chi connectivity index (χ1n) is 6.43. The molecule has 1 rings (SSSR count). The lowest BCUT2D eigenvalue weighted by Crippen LogP contribution is -2.25. The second-order valence-electron chi connectivity index (χ2n) is 4.17. The molecular formula is C14H22N2O3. The Bertz CT molecular complexity index is 408. The van der Waals surface area contributed by atoms with Crippen LogP contribution in [0.1, 0.15) is 29.6 Å². The van der Waals surface area contributed by atoms with Crippen molar-refractivity contribution in [1.82, 2.24) is 5.32 Å². The summed E-state index contributed by atoms with van der Waals surface area (Å²) in [5, 5.41) is 2.87. The maximum atomic E-state index is 12.1. The van der Waals surface area contributed by atoms with Gasteiger partial charge in [-0.1, -0.05) is 6.42 Å². The van der Waals surface area contributed by atoms with Gasteiger partial charge in [-0.05, 0) is 37.6 Å². The molecule has 0 heterocycles. The molecule has 3 N–H and O–H groups in total. The van der Waals surface area contributed by atoms with Crippen LogP contribution < -0.4 is 20.5 Å². The van der Waals surface area contributed by atoms with Gasteiger partial charge in [0, 0.05) is 6.54 Å². The van der Waals surface area contributed by atoms with Crippen molar-refractivity contribution in [3.05, 3.63) is 23.8 Å². The van der Waals surface area contributed by atoms with Crippen molar-refractivity contribution >= 4 is 5.91 Å². The SMILES string of the molecule is COc1ccc(OC)c(C(=O)NCCCCCN)c1. The van der Waals surface area contributed by atoms with E-state index in [-0.39, 0.29) is 5.91 Å². The molecule has 19 heavy (non-hydrogen) atoms. The minimum atomic E-state index is -0.150. The first kappa shape index (κ1) is 15.3. The highest BCUT2D eigenvalue weighted by Crippen LogP contribution is 2.23. The molecule has 1 amide bonds. The molecule has 0 aliphatic rings. The van der Waals surface area contributed by atoms with Crippen molar-refractivity contribution in [2.75, 3.05) is 27.3 Å². The molecule has 106 valence electrons. The summed E-state index contributed by atoms with van der Waals surface area (Å²) in [4.78, 5) is 12.1. The number of carbonyl (C=O) groups is 1. The average Bonchev–Trinajstić information content (AvgIpc) is 2.46. The van der Waals surface area contributed by atoms with Crippen LogP contribution in [0.3, 0.4) is 0 Å². The van der Waals surface area contributed by atoms with Gasteiger partial charge in [0.25, 0.3) is 5.91 Å². The first-order valence-corrected chi connectivity index (χ1v) is 6.43. The zero-order chi connectivity index (χ0) is 14.1. The Kier molecular flexibility index (Phi) is 6.74. The van der Waals surface area contributed by atoms with E-state index in [2.05, 4.69) is 5.32 Å². The van der Waals surface area contributed by atoms with Gasteiger partial charge in [-0.25, -0.2) is 0 Å². The number of hydrogen-bond donors (Lipinski definition) is 2. The average molecular weight is 266 g/mol. The summed E-state index contributed by atoms with van der Waals surface area (Å²) < 4.78 is 10.3. The van der Waals surface area contributed by atoms with Crippen LogP contribution in [0.25, 0.3) is 0 Å². The van der Waals surface area contributed by atoms with E-state index in [1.54, 1.807) is 32.4 Å². The topological polar surface area (TPSA) is 73.6 Å². The third kappa shape index (κ3) is 4.79. The molecule has 1 aromatic rings. The summed E-state index contributed by atoms with van der Waals surface area (Å²) >= 11 is 0. The number of ether oxygens (including phenoxy) is 2. The highest BCUT2D eigenvalue weighted by atomic mass is 16.5. The van der Waals surface area contributed by atoms with Gasteiger partial charge in [0.05, 0.1) is 19.8 Å². The van der Waals surface area contributed by atoms with Crippen LogP contribution in [0.15, 0.2) is 18.2 Å². The molecule has 0 bridgehead atoms. The molecule has 0 fully saturated rings. The molecule has 0 aromatic heterocycles. The molecule has 0 atom stereocenters. The zero-order valence-electron chi connectivity index (χ0n) is 11.6. The van der Waals surface area contributed by atoms with Gasteiger partial charge >= 0.3 is 0 Å². The van der Waals surface area contributed by atoms with Crippen LogP contribution >= 0.6 is 0 Å². The van der Waals surface area contributed by atoms with Crippen molar-refractivity contribution in [2.45, 2.75) is 19.3 Å². The van der Waals surface area contributed by atoms with Gasteiger partial charge in [0.1, 0.15) is 11.5 Å². The number of methoxy groups -OCH3 is 2. The summed E-state index contributed by atoms with van der Waals surface area (Å²) in [6.07, 6.45) is 2.93. The van der Waals surface area contributed by atoms with Gasteiger partial charge in [-0.3, -0.25) is 4.79 Å². The van der Waals surface area contributed by atoms with E-state index in [1.807, 2.05) is 0 Å². The molecule has 0 radical (unpaired) electrons. The smallest absolute Gasteiger partial charge is 0.255 e. The van der Waals surface area contributed by atoms with E-state index >= 15 is 0 Å². The predicted octanol–water partition coefficient (Wildman–Crippen LogP) is 1.56. The van der Waals surface area contributed by atoms with Crippen LogP contribution in [-0.4, -0.2) is 33.2 Å². The molecule has 0 saturated heterocycles. The van der Waals surface area contributed by atoms with Gasteiger partial charge in [0.15, 0.2) is 0 Å². The fourth-order valence-electron chi connectivity index (χ4n) is 1.73. The lowest BCUT2D eigenvalue weighted by Gasteiger charge is -2.10. The molecule has 0 aliphatic heterocycles. The minimum Gasteiger partial charge on any atom is -0.497 e. The van der Waals surface area contributed by atoms with Crippen molar-refractivity contribution in [1.29, 1.82) is 0 Å². The van der Waals surface area contributed by atoms with Crippen LogP contribution in [0.2, 0.25) is 0 Å². The summed E-state index contributed by atoms with van der Waals surface area (Å²) in [6, 6.07) is 5.16. The molecular weight excluding hydrogens is 244 g/mol. The summed E-state index contributed by atoms with van der Waals surface area (Å²) in [5.41, 5.74) is 5.90. The van der Waals surface area contributed by atoms with E-state index in [9.17, 15) is 4.79 Å². The molecule has 0 unspecified atom stereocenters. The molecule has 1 aromatic carbocycles.